The summed E-state index contributed by atoms with van der Waals surface area (Å²) in [6, 6.07) is 7.28. The highest BCUT2D eigenvalue weighted by Gasteiger charge is 2.16. The number of rotatable bonds is 3. The van der Waals surface area contributed by atoms with E-state index in [2.05, 4.69) is 15.2 Å². The van der Waals surface area contributed by atoms with Crippen LogP contribution in [0.25, 0.3) is 21.1 Å². The minimum Gasteiger partial charge on any atom is -0.493 e. The molecule has 0 bridgehead atoms. The van der Waals surface area contributed by atoms with E-state index in [1.165, 1.54) is 22.2 Å². The van der Waals surface area contributed by atoms with Gasteiger partial charge in [-0.05, 0) is 25.5 Å². The Morgan fingerprint density at radius 1 is 1.29 bits per heavy atom. The van der Waals surface area contributed by atoms with E-state index in [0.29, 0.717) is 15.6 Å². The summed E-state index contributed by atoms with van der Waals surface area (Å²) in [6.45, 7) is 3.53. The Kier molecular flexibility index (Phi) is 4.31. The quantitative estimate of drug-likeness (QED) is 0.536. The molecule has 4 aromatic rings. The SMILES string of the molecule is Cc1sc2ncn(CC(=O)N=Nc3c(O)n(C)c4ccccc34)c(=O)c2c1C. The summed E-state index contributed by atoms with van der Waals surface area (Å²) in [6.07, 6.45) is 1.35. The molecule has 0 saturated heterocycles. The molecular weight excluding hydrogens is 378 g/mol. The van der Waals surface area contributed by atoms with Crippen molar-refractivity contribution >= 4 is 44.1 Å². The van der Waals surface area contributed by atoms with E-state index in [-0.39, 0.29) is 23.7 Å². The van der Waals surface area contributed by atoms with Crippen molar-refractivity contribution in [2.24, 2.45) is 17.3 Å². The van der Waals surface area contributed by atoms with Gasteiger partial charge in [-0.1, -0.05) is 18.2 Å². The Morgan fingerprint density at radius 3 is 2.82 bits per heavy atom. The third-order valence-corrected chi connectivity index (χ3v) is 5.89. The highest BCUT2D eigenvalue weighted by molar-refractivity contribution is 7.18. The first-order valence-electron chi connectivity index (χ1n) is 8.54. The summed E-state index contributed by atoms with van der Waals surface area (Å²) in [7, 11) is 1.70. The van der Waals surface area contributed by atoms with Crippen LogP contribution in [0.2, 0.25) is 0 Å². The smallest absolute Gasteiger partial charge is 0.284 e. The van der Waals surface area contributed by atoms with E-state index in [1.807, 2.05) is 32.0 Å². The minimum atomic E-state index is -0.611. The average Bonchev–Trinajstić information content (AvgIpc) is 3.10. The van der Waals surface area contributed by atoms with Gasteiger partial charge in [0.15, 0.2) is 5.69 Å². The first kappa shape index (κ1) is 18.1. The summed E-state index contributed by atoms with van der Waals surface area (Å²) in [5.41, 5.74) is 1.59. The molecule has 0 aliphatic rings. The molecule has 0 atom stereocenters. The predicted molar refractivity (Wildman–Crippen MR) is 107 cm³/mol. The number of carbonyl (C=O) groups is 1. The van der Waals surface area contributed by atoms with Gasteiger partial charge in [0.25, 0.3) is 11.5 Å². The Hall–Kier alpha value is -3.33. The molecule has 8 nitrogen and oxygen atoms in total. The van der Waals surface area contributed by atoms with Crippen LogP contribution in [0.15, 0.2) is 45.6 Å². The maximum Gasteiger partial charge on any atom is 0.284 e. The number of carbonyl (C=O) groups excluding carboxylic acids is 1. The highest BCUT2D eigenvalue weighted by Crippen LogP contribution is 2.37. The zero-order valence-electron chi connectivity index (χ0n) is 15.5. The van der Waals surface area contributed by atoms with Crippen LogP contribution in [0.3, 0.4) is 0 Å². The van der Waals surface area contributed by atoms with Crippen molar-refractivity contribution in [2.45, 2.75) is 20.4 Å². The van der Waals surface area contributed by atoms with Crippen molar-refractivity contribution in [3.05, 3.63) is 51.4 Å². The van der Waals surface area contributed by atoms with Gasteiger partial charge in [-0.25, -0.2) is 4.98 Å². The van der Waals surface area contributed by atoms with Gasteiger partial charge < -0.3 is 9.67 Å². The molecule has 1 aromatic carbocycles. The van der Waals surface area contributed by atoms with Crippen LogP contribution in [-0.2, 0) is 18.4 Å². The largest absolute Gasteiger partial charge is 0.493 e. The molecule has 28 heavy (non-hydrogen) atoms. The van der Waals surface area contributed by atoms with E-state index < -0.39 is 5.91 Å². The van der Waals surface area contributed by atoms with Crippen LogP contribution in [0.5, 0.6) is 5.88 Å². The van der Waals surface area contributed by atoms with Gasteiger partial charge in [0.05, 0.1) is 17.2 Å². The van der Waals surface area contributed by atoms with Crippen LogP contribution in [-0.4, -0.2) is 25.1 Å². The van der Waals surface area contributed by atoms with Crippen molar-refractivity contribution in [3.8, 4) is 5.88 Å². The summed E-state index contributed by atoms with van der Waals surface area (Å²) in [5, 5.41) is 19.1. The van der Waals surface area contributed by atoms with E-state index in [0.717, 1.165) is 16.0 Å². The standard InChI is InChI=1S/C19H17N5O3S/c1-10-11(2)28-17-15(10)18(26)24(9-20-17)8-14(25)21-22-16-12-6-4-5-7-13(12)23(3)19(16)27/h4-7,9,27H,8H2,1-3H3. The van der Waals surface area contributed by atoms with Gasteiger partial charge >= 0.3 is 0 Å². The maximum absolute atomic E-state index is 12.7. The summed E-state index contributed by atoms with van der Waals surface area (Å²) in [5.74, 6) is -0.692. The molecule has 0 aliphatic carbocycles. The molecule has 1 N–H and O–H groups in total. The summed E-state index contributed by atoms with van der Waals surface area (Å²) < 4.78 is 2.80. The third kappa shape index (κ3) is 2.80. The third-order valence-electron chi connectivity index (χ3n) is 4.77. The zero-order chi connectivity index (χ0) is 20.0. The van der Waals surface area contributed by atoms with E-state index in [9.17, 15) is 14.7 Å². The summed E-state index contributed by atoms with van der Waals surface area (Å²) in [4.78, 5) is 30.9. The van der Waals surface area contributed by atoms with Crippen molar-refractivity contribution in [2.75, 3.05) is 0 Å². The molecule has 3 heterocycles. The van der Waals surface area contributed by atoms with Gasteiger partial charge in [0.1, 0.15) is 11.4 Å². The molecule has 9 heteroatoms. The molecule has 0 fully saturated rings. The number of aromatic hydroxyl groups is 1. The fourth-order valence-corrected chi connectivity index (χ4v) is 4.11. The summed E-state index contributed by atoms with van der Waals surface area (Å²) >= 11 is 1.45. The van der Waals surface area contributed by atoms with Crippen LogP contribution in [0.1, 0.15) is 10.4 Å². The molecule has 1 amide bonds. The number of benzene rings is 1. The number of thiophene rings is 1. The Morgan fingerprint density at radius 2 is 2.04 bits per heavy atom. The minimum absolute atomic E-state index is 0.0811. The molecule has 0 spiro atoms. The normalized spacial score (nSPS) is 11.8. The van der Waals surface area contributed by atoms with Crippen molar-refractivity contribution in [1.82, 2.24) is 14.1 Å². The van der Waals surface area contributed by atoms with Gasteiger partial charge in [-0.2, -0.15) is 0 Å². The second-order valence-electron chi connectivity index (χ2n) is 6.48. The van der Waals surface area contributed by atoms with Crippen LogP contribution in [0.4, 0.5) is 5.69 Å². The molecule has 142 valence electrons. The fourth-order valence-electron chi connectivity index (χ4n) is 3.12. The maximum atomic E-state index is 12.7. The lowest BCUT2D eigenvalue weighted by molar-refractivity contribution is -0.118. The monoisotopic (exact) mass is 395 g/mol. The molecule has 0 radical (unpaired) electrons. The Balaban J connectivity index is 1.65. The van der Waals surface area contributed by atoms with Crippen LogP contribution >= 0.6 is 11.3 Å². The van der Waals surface area contributed by atoms with E-state index in [1.54, 1.807) is 17.7 Å². The molecule has 0 unspecified atom stereocenters. The van der Waals surface area contributed by atoms with Crippen molar-refractivity contribution in [3.63, 3.8) is 0 Å². The van der Waals surface area contributed by atoms with E-state index in [4.69, 9.17) is 0 Å². The number of hydrogen-bond acceptors (Lipinski definition) is 6. The van der Waals surface area contributed by atoms with Crippen molar-refractivity contribution in [1.29, 1.82) is 0 Å². The topological polar surface area (TPSA) is 102 Å². The molecule has 0 aliphatic heterocycles. The van der Waals surface area contributed by atoms with Gasteiger partial charge in [-0.3, -0.25) is 14.2 Å². The molecule has 4 rings (SSSR count). The number of fused-ring (bicyclic) bond motifs is 2. The van der Waals surface area contributed by atoms with Crippen molar-refractivity contribution < 1.29 is 9.90 Å². The number of aryl methyl sites for hydroxylation is 3. The highest BCUT2D eigenvalue weighted by atomic mass is 32.1. The Bertz CT molecular complexity index is 1330. The van der Waals surface area contributed by atoms with Crippen LogP contribution in [0, 0.1) is 13.8 Å². The van der Waals surface area contributed by atoms with E-state index >= 15 is 0 Å². The number of para-hydroxylation sites is 1. The lowest BCUT2D eigenvalue weighted by Crippen LogP contribution is -2.23. The molecule has 0 saturated carbocycles. The lowest BCUT2D eigenvalue weighted by atomic mass is 10.2. The molecule has 3 aromatic heterocycles. The van der Waals surface area contributed by atoms with Gasteiger partial charge in [0.2, 0.25) is 5.88 Å². The second-order valence-corrected chi connectivity index (χ2v) is 7.69. The van der Waals surface area contributed by atoms with Gasteiger partial charge in [0, 0.05) is 17.3 Å². The zero-order valence-corrected chi connectivity index (χ0v) is 16.3. The van der Waals surface area contributed by atoms with Crippen LogP contribution < -0.4 is 5.56 Å². The molecular formula is C19H17N5O3S. The number of aromatic nitrogens is 3. The number of nitrogens with zero attached hydrogens (tertiary/aromatic N) is 5. The number of hydrogen-bond donors (Lipinski definition) is 1. The second kappa shape index (κ2) is 6.68. The predicted octanol–water partition coefficient (Wildman–Crippen LogP) is 3.58. The average molecular weight is 395 g/mol. The fraction of sp³-hybridized carbons (Fsp3) is 0.211. The Labute approximate surface area is 163 Å². The first-order chi connectivity index (χ1) is 13.4. The lowest BCUT2D eigenvalue weighted by Gasteiger charge is -2.01. The number of amides is 1. The first-order valence-corrected chi connectivity index (χ1v) is 9.36. The number of azo groups is 1. The van der Waals surface area contributed by atoms with Gasteiger partial charge in [-0.15, -0.1) is 21.6 Å².